The largest absolute Gasteiger partial charge is 0.317 e. The van der Waals surface area contributed by atoms with Crippen LogP contribution in [0.2, 0.25) is 0 Å². The van der Waals surface area contributed by atoms with Crippen molar-refractivity contribution in [3.8, 4) is 0 Å². The predicted molar refractivity (Wildman–Crippen MR) is 83.4 cm³/mol. The van der Waals surface area contributed by atoms with Gasteiger partial charge in [0.05, 0.1) is 0 Å². The molecule has 1 aliphatic rings. The molecule has 0 radical (unpaired) electrons. The molecule has 1 fully saturated rings. The summed E-state index contributed by atoms with van der Waals surface area (Å²) in [4.78, 5) is 0. The van der Waals surface area contributed by atoms with Gasteiger partial charge in [-0.15, -0.1) is 0 Å². The van der Waals surface area contributed by atoms with E-state index in [1.165, 1.54) is 57.1 Å². The second-order valence-corrected chi connectivity index (χ2v) is 6.01. The van der Waals surface area contributed by atoms with Gasteiger partial charge in [-0.2, -0.15) is 0 Å². The fourth-order valence-corrected chi connectivity index (χ4v) is 3.43. The van der Waals surface area contributed by atoms with Crippen molar-refractivity contribution in [3.63, 3.8) is 0 Å². The van der Waals surface area contributed by atoms with Gasteiger partial charge in [-0.05, 0) is 36.9 Å². The van der Waals surface area contributed by atoms with E-state index >= 15 is 0 Å². The van der Waals surface area contributed by atoms with E-state index in [4.69, 9.17) is 0 Å². The first kappa shape index (κ1) is 14.6. The van der Waals surface area contributed by atoms with Crippen molar-refractivity contribution in [3.05, 3.63) is 35.9 Å². The summed E-state index contributed by atoms with van der Waals surface area (Å²) in [6.07, 6.45) is 9.94. The lowest BCUT2D eigenvalue weighted by atomic mass is 9.82. The maximum Gasteiger partial charge on any atom is -0.00148 e. The Morgan fingerprint density at radius 3 is 2.37 bits per heavy atom. The molecule has 19 heavy (non-hydrogen) atoms. The van der Waals surface area contributed by atoms with E-state index in [0.717, 1.165) is 18.4 Å². The van der Waals surface area contributed by atoms with Gasteiger partial charge in [-0.3, -0.25) is 0 Å². The molecule has 1 unspecified atom stereocenters. The Labute approximate surface area is 118 Å². The fourth-order valence-electron chi connectivity index (χ4n) is 3.43. The first-order valence-corrected chi connectivity index (χ1v) is 8.14. The number of hydrogen-bond donors (Lipinski definition) is 1. The summed E-state index contributed by atoms with van der Waals surface area (Å²) < 4.78 is 0. The molecule has 0 aliphatic heterocycles. The van der Waals surface area contributed by atoms with Gasteiger partial charge in [0.1, 0.15) is 0 Å². The molecule has 1 aliphatic carbocycles. The highest BCUT2D eigenvalue weighted by atomic mass is 14.8. The minimum atomic E-state index is 0.820. The Morgan fingerprint density at radius 1 is 1.05 bits per heavy atom. The molecule has 1 N–H and O–H groups in total. The van der Waals surface area contributed by atoms with Gasteiger partial charge in [0.2, 0.25) is 0 Å². The minimum absolute atomic E-state index is 0.820. The minimum Gasteiger partial charge on any atom is -0.317 e. The van der Waals surface area contributed by atoms with Crippen molar-refractivity contribution < 1.29 is 0 Å². The van der Waals surface area contributed by atoms with Gasteiger partial charge < -0.3 is 5.32 Å². The highest BCUT2D eigenvalue weighted by Crippen LogP contribution is 2.30. The standard InChI is InChI=1S/C18H29N/c1-2-19-15-18(14-16-10-6-5-7-11-16)17-12-8-3-4-9-13-17/h5-7,10-11,17-19H,2-4,8-9,12-15H2,1H3. The van der Waals surface area contributed by atoms with Crippen molar-refractivity contribution in [1.82, 2.24) is 5.32 Å². The topological polar surface area (TPSA) is 12.0 Å². The third-order valence-electron chi connectivity index (χ3n) is 4.56. The first-order valence-electron chi connectivity index (χ1n) is 8.14. The molecule has 1 atom stereocenters. The van der Waals surface area contributed by atoms with E-state index in [1.807, 2.05) is 0 Å². The van der Waals surface area contributed by atoms with Gasteiger partial charge in [-0.1, -0.05) is 75.8 Å². The molecule has 1 nitrogen and oxygen atoms in total. The Kier molecular flexibility index (Phi) is 6.43. The van der Waals surface area contributed by atoms with E-state index in [0.29, 0.717) is 0 Å². The summed E-state index contributed by atoms with van der Waals surface area (Å²) in [5.74, 6) is 1.75. The molecule has 106 valence electrons. The zero-order valence-corrected chi connectivity index (χ0v) is 12.4. The summed E-state index contributed by atoms with van der Waals surface area (Å²) in [6.45, 7) is 4.50. The van der Waals surface area contributed by atoms with Crippen LogP contribution in [0.5, 0.6) is 0 Å². The lowest BCUT2D eigenvalue weighted by molar-refractivity contribution is 0.286. The molecular formula is C18H29N. The third kappa shape index (κ3) is 4.99. The molecule has 1 aromatic carbocycles. The maximum absolute atomic E-state index is 3.59. The molecule has 1 aromatic rings. The quantitative estimate of drug-likeness (QED) is 0.745. The van der Waals surface area contributed by atoms with Gasteiger partial charge in [-0.25, -0.2) is 0 Å². The van der Waals surface area contributed by atoms with E-state index in [1.54, 1.807) is 0 Å². The lowest BCUT2D eigenvalue weighted by Gasteiger charge is -2.26. The second-order valence-electron chi connectivity index (χ2n) is 6.01. The zero-order chi connectivity index (χ0) is 13.3. The van der Waals surface area contributed by atoms with Crippen molar-refractivity contribution in [2.75, 3.05) is 13.1 Å². The van der Waals surface area contributed by atoms with Crippen LogP contribution in [0.4, 0.5) is 0 Å². The predicted octanol–water partition coefficient (Wildman–Crippen LogP) is 4.43. The molecular weight excluding hydrogens is 230 g/mol. The number of nitrogens with one attached hydrogen (secondary N) is 1. The normalized spacial score (nSPS) is 19.0. The summed E-state index contributed by atoms with van der Waals surface area (Å²) in [6, 6.07) is 11.0. The average molecular weight is 259 g/mol. The van der Waals surface area contributed by atoms with Crippen molar-refractivity contribution in [2.24, 2.45) is 11.8 Å². The second kappa shape index (κ2) is 8.37. The Hall–Kier alpha value is -0.820. The summed E-state index contributed by atoms with van der Waals surface area (Å²) in [5.41, 5.74) is 1.51. The van der Waals surface area contributed by atoms with Crippen molar-refractivity contribution >= 4 is 0 Å². The van der Waals surface area contributed by atoms with Crippen LogP contribution in [0, 0.1) is 11.8 Å². The van der Waals surface area contributed by atoms with Crippen LogP contribution in [0.3, 0.4) is 0 Å². The number of hydrogen-bond acceptors (Lipinski definition) is 1. The first-order chi connectivity index (χ1) is 9.40. The maximum atomic E-state index is 3.59. The molecule has 0 heterocycles. The average Bonchev–Trinajstić information content (AvgIpc) is 2.73. The van der Waals surface area contributed by atoms with Crippen LogP contribution in [-0.4, -0.2) is 13.1 Å². The van der Waals surface area contributed by atoms with Gasteiger partial charge in [0.15, 0.2) is 0 Å². The monoisotopic (exact) mass is 259 g/mol. The molecule has 1 saturated carbocycles. The molecule has 0 spiro atoms. The van der Waals surface area contributed by atoms with E-state index in [2.05, 4.69) is 42.6 Å². The molecule has 0 aromatic heterocycles. The third-order valence-corrected chi connectivity index (χ3v) is 4.56. The highest BCUT2D eigenvalue weighted by Gasteiger charge is 2.22. The van der Waals surface area contributed by atoms with Crippen LogP contribution in [0.1, 0.15) is 51.0 Å². The van der Waals surface area contributed by atoms with E-state index in [-0.39, 0.29) is 0 Å². The van der Waals surface area contributed by atoms with Crippen molar-refractivity contribution in [1.29, 1.82) is 0 Å². The van der Waals surface area contributed by atoms with Gasteiger partial charge in [0, 0.05) is 0 Å². The smallest absolute Gasteiger partial charge is 0.00148 e. The molecule has 0 amide bonds. The number of rotatable bonds is 6. The highest BCUT2D eigenvalue weighted by molar-refractivity contribution is 5.15. The molecule has 0 saturated heterocycles. The summed E-state index contributed by atoms with van der Waals surface area (Å²) >= 11 is 0. The molecule has 0 bridgehead atoms. The number of benzene rings is 1. The summed E-state index contributed by atoms with van der Waals surface area (Å²) in [5, 5.41) is 3.59. The Balaban J connectivity index is 1.97. The Bertz CT molecular complexity index is 325. The van der Waals surface area contributed by atoms with Crippen LogP contribution < -0.4 is 5.32 Å². The van der Waals surface area contributed by atoms with Crippen molar-refractivity contribution in [2.45, 2.75) is 51.9 Å². The van der Waals surface area contributed by atoms with Crippen LogP contribution in [0.15, 0.2) is 30.3 Å². The fraction of sp³-hybridized carbons (Fsp3) is 0.667. The van der Waals surface area contributed by atoms with Crippen LogP contribution >= 0.6 is 0 Å². The van der Waals surface area contributed by atoms with Gasteiger partial charge >= 0.3 is 0 Å². The van der Waals surface area contributed by atoms with Gasteiger partial charge in [0.25, 0.3) is 0 Å². The molecule has 1 heteroatoms. The lowest BCUT2D eigenvalue weighted by Crippen LogP contribution is -2.29. The van der Waals surface area contributed by atoms with E-state index < -0.39 is 0 Å². The van der Waals surface area contributed by atoms with Crippen LogP contribution in [-0.2, 0) is 6.42 Å². The Morgan fingerprint density at radius 2 is 1.74 bits per heavy atom. The summed E-state index contributed by atoms with van der Waals surface area (Å²) in [7, 11) is 0. The molecule has 2 rings (SSSR count). The SMILES string of the molecule is CCNCC(Cc1ccccc1)C1CCCCCC1. The van der Waals surface area contributed by atoms with Crippen LogP contribution in [0.25, 0.3) is 0 Å². The van der Waals surface area contributed by atoms with E-state index in [9.17, 15) is 0 Å². The zero-order valence-electron chi connectivity index (χ0n) is 12.4.